The first-order valence-electron chi connectivity index (χ1n) is 8.65. The monoisotopic (exact) mass is 327 g/mol. The Labute approximate surface area is 142 Å². The van der Waals surface area contributed by atoms with Crippen LogP contribution in [0.5, 0.6) is 0 Å². The third-order valence-corrected chi connectivity index (χ3v) is 4.89. The quantitative estimate of drug-likeness (QED) is 0.907. The van der Waals surface area contributed by atoms with E-state index in [1.807, 2.05) is 30.3 Å². The van der Waals surface area contributed by atoms with Crippen LogP contribution < -0.4 is 5.32 Å². The Kier molecular flexibility index (Phi) is 5.30. The molecule has 1 aromatic heterocycles. The van der Waals surface area contributed by atoms with E-state index in [1.54, 1.807) is 18.1 Å². The van der Waals surface area contributed by atoms with Crippen molar-refractivity contribution in [3.8, 4) is 0 Å². The number of nitrogens with zero attached hydrogens (tertiary/aromatic N) is 2. The van der Waals surface area contributed by atoms with Gasteiger partial charge in [-0.15, -0.1) is 0 Å². The summed E-state index contributed by atoms with van der Waals surface area (Å²) in [7, 11) is 1.79. The zero-order valence-corrected chi connectivity index (χ0v) is 14.1. The molecule has 1 aromatic carbocycles. The second-order valence-electron chi connectivity index (χ2n) is 6.64. The van der Waals surface area contributed by atoms with Crippen molar-refractivity contribution in [2.75, 3.05) is 13.6 Å². The maximum Gasteiger partial charge on any atom is 0.317 e. The van der Waals surface area contributed by atoms with Gasteiger partial charge in [0.05, 0.1) is 11.6 Å². The molecule has 128 valence electrons. The number of aliphatic hydroxyl groups is 1. The highest BCUT2D eigenvalue weighted by atomic mass is 16.3. The molecule has 0 aliphatic heterocycles. The molecule has 0 spiro atoms. The first-order valence-corrected chi connectivity index (χ1v) is 8.65. The maximum absolute atomic E-state index is 12.4. The van der Waals surface area contributed by atoms with E-state index in [1.165, 1.54) is 0 Å². The minimum Gasteiger partial charge on any atom is -0.393 e. The van der Waals surface area contributed by atoms with E-state index in [0.717, 1.165) is 42.1 Å². The number of urea groups is 1. The van der Waals surface area contributed by atoms with E-state index in [0.29, 0.717) is 13.1 Å². The van der Waals surface area contributed by atoms with Gasteiger partial charge in [-0.25, -0.2) is 4.79 Å². The number of pyridine rings is 1. The third-order valence-electron chi connectivity index (χ3n) is 4.89. The van der Waals surface area contributed by atoms with Crippen molar-refractivity contribution < 1.29 is 9.90 Å². The SMILES string of the molecule is CN(C[C@@H]1CCCC[C@H]1O)C(=O)NCc1ccnc2ccccc12. The van der Waals surface area contributed by atoms with Gasteiger partial charge in [0.1, 0.15) is 0 Å². The smallest absolute Gasteiger partial charge is 0.317 e. The number of aliphatic hydroxyl groups excluding tert-OH is 1. The number of hydrogen-bond donors (Lipinski definition) is 2. The normalized spacial score (nSPS) is 20.8. The molecule has 5 nitrogen and oxygen atoms in total. The molecule has 2 amide bonds. The molecule has 1 aliphatic rings. The molecule has 0 radical (unpaired) electrons. The molecule has 1 fully saturated rings. The average Bonchev–Trinajstić information content (AvgIpc) is 2.61. The van der Waals surface area contributed by atoms with Gasteiger partial charge < -0.3 is 15.3 Å². The lowest BCUT2D eigenvalue weighted by atomic mass is 9.86. The molecule has 0 bridgehead atoms. The van der Waals surface area contributed by atoms with Crippen LogP contribution in [0.2, 0.25) is 0 Å². The highest BCUT2D eigenvalue weighted by Crippen LogP contribution is 2.25. The minimum atomic E-state index is -0.279. The second-order valence-corrected chi connectivity index (χ2v) is 6.64. The first kappa shape index (κ1) is 16.7. The van der Waals surface area contributed by atoms with Crippen LogP contribution in [0.3, 0.4) is 0 Å². The zero-order chi connectivity index (χ0) is 16.9. The molecule has 5 heteroatoms. The lowest BCUT2D eigenvalue weighted by Gasteiger charge is -2.31. The number of carbonyl (C=O) groups is 1. The number of carbonyl (C=O) groups excluding carboxylic acids is 1. The Morgan fingerprint density at radius 2 is 2.08 bits per heavy atom. The van der Waals surface area contributed by atoms with Gasteiger partial charge in [-0.05, 0) is 30.5 Å². The van der Waals surface area contributed by atoms with Crippen LogP contribution in [-0.4, -0.2) is 40.7 Å². The summed E-state index contributed by atoms with van der Waals surface area (Å²) in [6.45, 7) is 1.07. The van der Waals surface area contributed by atoms with Crippen LogP contribution in [0.4, 0.5) is 4.79 Å². The number of rotatable bonds is 4. The van der Waals surface area contributed by atoms with Gasteiger partial charge in [0.15, 0.2) is 0 Å². The summed E-state index contributed by atoms with van der Waals surface area (Å²) in [5, 5.41) is 14.1. The lowest BCUT2D eigenvalue weighted by molar-refractivity contribution is 0.0565. The number of aromatic nitrogens is 1. The summed E-state index contributed by atoms with van der Waals surface area (Å²) in [4.78, 5) is 18.4. The standard InChI is InChI=1S/C19H25N3O2/c1-22(13-15-6-2-5-9-18(15)23)19(24)21-12-14-10-11-20-17-8-4-3-7-16(14)17/h3-4,7-8,10-11,15,18,23H,2,5-6,9,12-13H2,1H3,(H,21,24)/t15-,18+/m0/s1. The summed E-state index contributed by atoms with van der Waals surface area (Å²) in [6, 6.07) is 9.76. The second kappa shape index (κ2) is 7.62. The Morgan fingerprint density at radius 1 is 1.29 bits per heavy atom. The molecule has 0 unspecified atom stereocenters. The summed E-state index contributed by atoms with van der Waals surface area (Å²) >= 11 is 0. The molecule has 1 saturated carbocycles. The van der Waals surface area contributed by atoms with Crippen LogP contribution in [0.1, 0.15) is 31.2 Å². The van der Waals surface area contributed by atoms with E-state index in [2.05, 4.69) is 10.3 Å². The van der Waals surface area contributed by atoms with Gasteiger partial charge in [0, 0.05) is 37.6 Å². The van der Waals surface area contributed by atoms with E-state index in [9.17, 15) is 9.90 Å². The molecular weight excluding hydrogens is 302 g/mol. The van der Waals surface area contributed by atoms with Crippen LogP contribution in [0, 0.1) is 5.92 Å². The van der Waals surface area contributed by atoms with Gasteiger partial charge in [-0.1, -0.05) is 31.0 Å². The van der Waals surface area contributed by atoms with E-state index in [-0.39, 0.29) is 18.1 Å². The van der Waals surface area contributed by atoms with Crippen molar-refractivity contribution in [2.24, 2.45) is 5.92 Å². The van der Waals surface area contributed by atoms with Crippen molar-refractivity contribution in [3.05, 3.63) is 42.1 Å². The highest BCUT2D eigenvalue weighted by Gasteiger charge is 2.25. The van der Waals surface area contributed by atoms with Crippen molar-refractivity contribution >= 4 is 16.9 Å². The average molecular weight is 327 g/mol. The van der Waals surface area contributed by atoms with Crippen molar-refractivity contribution in [3.63, 3.8) is 0 Å². The van der Waals surface area contributed by atoms with Gasteiger partial charge in [0.2, 0.25) is 0 Å². The third kappa shape index (κ3) is 3.85. The van der Waals surface area contributed by atoms with Crippen molar-refractivity contribution in [2.45, 2.75) is 38.3 Å². The van der Waals surface area contributed by atoms with Gasteiger partial charge in [-0.2, -0.15) is 0 Å². The fraction of sp³-hybridized carbons (Fsp3) is 0.474. The van der Waals surface area contributed by atoms with Crippen LogP contribution >= 0.6 is 0 Å². The molecule has 2 aromatic rings. The van der Waals surface area contributed by atoms with E-state index >= 15 is 0 Å². The molecule has 2 N–H and O–H groups in total. The van der Waals surface area contributed by atoms with Crippen molar-refractivity contribution in [1.82, 2.24) is 15.2 Å². The molecule has 1 heterocycles. The fourth-order valence-corrected chi connectivity index (χ4v) is 3.45. The number of para-hydroxylation sites is 1. The molecule has 0 saturated heterocycles. The molecule has 3 rings (SSSR count). The fourth-order valence-electron chi connectivity index (χ4n) is 3.45. The van der Waals surface area contributed by atoms with Crippen LogP contribution in [0.15, 0.2) is 36.5 Å². The Balaban J connectivity index is 1.58. The Bertz CT molecular complexity index is 699. The van der Waals surface area contributed by atoms with E-state index < -0.39 is 0 Å². The summed E-state index contributed by atoms with van der Waals surface area (Å²) in [5.41, 5.74) is 1.99. The Hall–Kier alpha value is -2.14. The number of fused-ring (bicyclic) bond motifs is 1. The molecule has 2 atom stereocenters. The highest BCUT2D eigenvalue weighted by molar-refractivity contribution is 5.82. The van der Waals surface area contributed by atoms with Crippen molar-refractivity contribution in [1.29, 1.82) is 0 Å². The van der Waals surface area contributed by atoms with E-state index in [4.69, 9.17) is 0 Å². The molecule has 24 heavy (non-hydrogen) atoms. The van der Waals surface area contributed by atoms with Gasteiger partial charge >= 0.3 is 6.03 Å². The lowest BCUT2D eigenvalue weighted by Crippen LogP contribution is -2.42. The summed E-state index contributed by atoms with van der Waals surface area (Å²) in [6.07, 6.45) is 5.56. The number of benzene rings is 1. The maximum atomic E-state index is 12.4. The summed E-state index contributed by atoms with van der Waals surface area (Å²) < 4.78 is 0. The predicted molar refractivity (Wildman–Crippen MR) is 94.6 cm³/mol. The van der Waals surface area contributed by atoms with Crippen LogP contribution in [-0.2, 0) is 6.54 Å². The summed E-state index contributed by atoms with van der Waals surface area (Å²) in [5.74, 6) is 0.191. The molecular formula is C19H25N3O2. The Morgan fingerprint density at radius 3 is 2.92 bits per heavy atom. The zero-order valence-electron chi connectivity index (χ0n) is 14.1. The predicted octanol–water partition coefficient (Wildman–Crippen LogP) is 2.93. The number of amides is 2. The van der Waals surface area contributed by atoms with Crippen LogP contribution in [0.25, 0.3) is 10.9 Å². The van der Waals surface area contributed by atoms with Gasteiger partial charge in [0.25, 0.3) is 0 Å². The molecule has 1 aliphatic carbocycles. The topological polar surface area (TPSA) is 65.5 Å². The minimum absolute atomic E-state index is 0.103. The number of nitrogens with one attached hydrogen (secondary N) is 1. The number of hydrogen-bond acceptors (Lipinski definition) is 3. The largest absolute Gasteiger partial charge is 0.393 e. The van der Waals surface area contributed by atoms with Gasteiger partial charge in [-0.3, -0.25) is 4.98 Å². The first-order chi connectivity index (χ1) is 11.6.